The summed E-state index contributed by atoms with van der Waals surface area (Å²) in [6.07, 6.45) is 1.27. The van der Waals surface area contributed by atoms with Crippen molar-refractivity contribution in [3.8, 4) is 0 Å². The maximum absolute atomic E-state index is 13.7. The first-order valence-electron chi connectivity index (χ1n) is 6.68. The van der Waals surface area contributed by atoms with Crippen molar-refractivity contribution < 1.29 is 17.2 Å². The molecule has 0 amide bonds. The van der Waals surface area contributed by atoms with Crippen molar-refractivity contribution in [1.29, 1.82) is 0 Å². The van der Waals surface area contributed by atoms with E-state index in [1.54, 1.807) is 0 Å². The van der Waals surface area contributed by atoms with Crippen LogP contribution in [0.5, 0.6) is 0 Å². The van der Waals surface area contributed by atoms with Gasteiger partial charge in [-0.05, 0) is 39.4 Å². The largest absolute Gasteiger partial charge is 0.396 e. The molecule has 1 fully saturated rings. The van der Waals surface area contributed by atoms with Crippen LogP contribution >= 0.6 is 0 Å². The minimum atomic E-state index is -4.06. The van der Waals surface area contributed by atoms with Crippen molar-refractivity contribution in [2.75, 3.05) is 19.3 Å². The number of nitrogens with one attached hydrogen (secondary N) is 1. The second kappa shape index (κ2) is 5.86. The zero-order valence-electron chi connectivity index (χ0n) is 11.9. The van der Waals surface area contributed by atoms with Gasteiger partial charge in [0, 0.05) is 18.2 Å². The number of rotatable bonds is 3. The van der Waals surface area contributed by atoms with Crippen LogP contribution in [0.15, 0.2) is 17.0 Å². The molecule has 8 heteroatoms. The molecule has 1 saturated heterocycles. The lowest BCUT2D eigenvalue weighted by molar-refractivity contribution is 0.178. The number of sulfonamides is 1. The minimum absolute atomic E-state index is 0.231. The van der Waals surface area contributed by atoms with Crippen molar-refractivity contribution in [2.24, 2.45) is 0 Å². The van der Waals surface area contributed by atoms with Crippen LogP contribution in [0, 0.1) is 11.6 Å². The van der Waals surface area contributed by atoms with Gasteiger partial charge >= 0.3 is 0 Å². The lowest BCUT2D eigenvalue weighted by atomic mass is 10.0. The fraction of sp³-hybridized carbons (Fsp3) is 0.538. The van der Waals surface area contributed by atoms with Crippen LogP contribution in [-0.2, 0) is 10.0 Å². The van der Waals surface area contributed by atoms with E-state index in [2.05, 4.69) is 9.62 Å². The summed E-state index contributed by atoms with van der Waals surface area (Å²) in [5, 5.41) is 0. The molecule has 3 N–H and O–H groups in total. The maximum atomic E-state index is 13.7. The van der Waals surface area contributed by atoms with Gasteiger partial charge in [0.1, 0.15) is 16.5 Å². The van der Waals surface area contributed by atoms with Gasteiger partial charge in [0.25, 0.3) is 0 Å². The van der Waals surface area contributed by atoms with E-state index in [0.29, 0.717) is 18.9 Å². The number of benzene rings is 1. The highest BCUT2D eigenvalue weighted by atomic mass is 32.2. The highest BCUT2D eigenvalue weighted by molar-refractivity contribution is 7.89. The van der Waals surface area contributed by atoms with Gasteiger partial charge in [-0.25, -0.2) is 21.9 Å². The predicted molar refractivity (Wildman–Crippen MR) is 76.2 cm³/mol. The van der Waals surface area contributed by atoms with Gasteiger partial charge in [0.15, 0.2) is 0 Å². The first kappa shape index (κ1) is 16.1. The molecule has 1 aliphatic rings. The summed E-state index contributed by atoms with van der Waals surface area (Å²) in [7, 11) is -2.09. The third-order valence-corrected chi connectivity index (χ3v) is 5.41. The summed E-state index contributed by atoms with van der Waals surface area (Å²) in [6.45, 7) is 2.75. The number of nitrogen functional groups attached to an aromatic ring is 1. The van der Waals surface area contributed by atoms with E-state index in [1.165, 1.54) is 0 Å². The molecular formula is C13H19F2N3O2S. The standard InChI is InChI=1S/C13H19F2N3O2S/c1-8-5-9(3-4-18(8)2)17-21(19,20)13-7-12(16)10(14)6-11(13)15/h6-9,17H,3-5,16H2,1-2H3. The molecule has 21 heavy (non-hydrogen) atoms. The van der Waals surface area contributed by atoms with Crippen molar-refractivity contribution in [1.82, 2.24) is 9.62 Å². The number of nitrogens with zero attached hydrogens (tertiary/aromatic N) is 1. The third kappa shape index (κ3) is 3.50. The SMILES string of the molecule is CC1CC(NS(=O)(=O)c2cc(N)c(F)cc2F)CCN1C. The number of hydrogen-bond acceptors (Lipinski definition) is 4. The van der Waals surface area contributed by atoms with E-state index in [9.17, 15) is 17.2 Å². The second-order valence-corrected chi connectivity index (χ2v) is 7.16. The van der Waals surface area contributed by atoms with Crippen molar-refractivity contribution >= 4 is 15.7 Å². The molecule has 0 aromatic heterocycles. The Labute approximate surface area is 123 Å². The van der Waals surface area contributed by atoms with Crippen LogP contribution in [0.3, 0.4) is 0 Å². The first-order chi connectivity index (χ1) is 9.70. The first-order valence-corrected chi connectivity index (χ1v) is 8.16. The average Bonchev–Trinajstić information content (AvgIpc) is 2.37. The van der Waals surface area contributed by atoms with Crippen LogP contribution in [0.4, 0.5) is 14.5 Å². The molecular weight excluding hydrogens is 300 g/mol. The molecule has 0 aliphatic carbocycles. The molecule has 0 spiro atoms. The Kier molecular flexibility index (Phi) is 4.50. The predicted octanol–water partition coefficient (Wildman–Crippen LogP) is 1.31. The molecule has 0 bridgehead atoms. The number of anilines is 1. The van der Waals surface area contributed by atoms with Crippen molar-refractivity contribution in [2.45, 2.75) is 36.7 Å². The Balaban J connectivity index is 2.21. The zero-order valence-corrected chi connectivity index (χ0v) is 12.8. The van der Waals surface area contributed by atoms with E-state index < -0.39 is 32.2 Å². The number of halogens is 2. The van der Waals surface area contributed by atoms with Gasteiger partial charge in [0.2, 0.25) is 10.0 Å². The van der Waals surface area contributed by atoms with E-state index in [-0.39, 0.29) is 12.1 Å². The number of nitrogens with two attached hydrogens (primary N) is 1. The molecule has 1 aromatic carbocycles. The van der Waals surface area contributed by atoms with Gasteiger partial charge in [-0.15, -0.1) is 0 Å². The highest BCUT2D eigenvalue weighted by Gasteiger charge is 2.29. The van der Waals surface area contributed by atoms with Crippen molar-refractivity contribution in [3.63, 3.8) is 0 Å². The molecule has 0 saturated carbocycles. The van der Waals surface area contributed by atoms with Gasteiger partial charge < -0.3 is 10.6 Å². The molecule has 1 heterocycles. The van der Waals surface area contributed by atoms with E-state index in [4.69, 9.17) is 5.73 Å². The van der Waals surface area contributed by atoms with Crippen LogP contribution in [0.2, 0.25) is 0 Å². The van der Waals surface area contributed by atoms with Crippen LogP contribution in [-0.4, -0.2) is 39.0 Å². The quantitative estimate of drug-likeness (QED) is 0.824. The Morgan fingerprint density at radius 1 is 1.33 bits per heavy atom. The highest BCUT2D eigenvalue weighted by Crippen LogP contribution is 2.23. The summed E-state index contributed by atoms with van der Waals surface area (Å²) < 4.78 is 53.7. The van der Waals surface area contributed by atoms with Gasteiger partial charge in [-0.1, -0.05) is 0 Å². The fourth-order valence-electron chi connectivity index (χ4n) is 2.43. The van der Waals surface area contributed by atoms with E-state index in [0.717, 1.165) is 12.6 Å². The molecule has 2 rings (SSSR count). The van der Waals surface area contributed by atoms with Crippen LogP contribution < -0.4 is 10.5 Å². The maximum Gasteiger partial charge on any atom is 0.243 e. The van der Waals surface area contributed by atoms with Gasteiger partial charge in [-0.2, -0.15) is 0 Å². The monoisotopic (exact) mass is 319 g/mol. The Morgan fingerprint density at radius 2 is 2.00 bits per heavy atom. The molecule has 1 aromatic rings. The fourth-order valence-corrected chi connectivity index (χ4v) is 3.81. The number of piperidine rings is 1. The molecule has 1 aliphatic heterocycles. The smallest absolute Gasteiger partial charge is 0.243 e. The van der Waals surface area contributed by atoms with Gasteiger partial charge in [0.05, 0.1) is 5.69 Å². The molecule has 2 unspecified atom stereocenters. The molecule has 0 radical (unpaired) electrons. The molecule has 2 atom stereocenters. The summed E-state index contributed by atoms with van der Waals surface area (Å²) >= 11 is 0. The summed E-state index contributed by atoms with van der Waals surface area (Å²) in [4.78, 5) is 1.51. The Hall–Kier alpha value is -1.25. The Morgan fingerprint density at radius 3 is 2.62 bits per heavy atom. The van der Waals surface area contributed by atoms with E-state index in [1.807, 2.05) is 14.0 Å². The third-order valence-electron chi connectivity index (χ3n) is 3.87. The van der Waals surface area contributed by atoms with Crippen LogP contribution in [0.25, 0.3) is 0 Å². The topological polar surface area (TPSA) is 75.4 Å². The Bertz CT molecular complexity index is 637. The van der Waals surface area contributed by atoms with Crippen LogP contribution in [0.1, 0.15) is 19.8 Å². The second-order valence-electron chi connectivity index (χ2n) is 5.48. The zero-order chi connectivity index (χ0) is 15.8. The number of hydrogen-bond donors (Lipinski definition) is 2. The van der Waals surface area contributed by atoms with Gasteiger partial charge in [-0.3, -0.25) is 0 Å². The average molecular weight is 319 g/mol. The number of likely N-dealkylation sites (tertiary alicyclic amines) is 1. The molecule has 5 nitrogen and oxygen atoms in total. The van der Waals surface area contributed by atoms with Crippen molar-refractivity contribution in [3.05, 3.63) is 23.8 Å². The van der Waals surface area contributed by atoms with E-state index >= 15 is 0 Å². The summed E-state index contributed by atoms with van der Waals surface area (Å²) in [6, 6.07) is 1.26. The summed E-state index contributed by atoms with van der Waals surface area (Å²) in [5.41, 5.74) is 4.92. The minimum Gasteiger partial charge on any atom is -0.396 e. The molecule has 118 valence electrons. The lowest BCUT2D eigenvalue weighted by Crippen LogP contribution is -2.47. The lowest BCUT2D eigenvalue weighted by Gasteiger charge is -2.35. The normalized spacial score (nSPS) is 24.2. The summed E-state index contributed by atoms with van der Waals surface area (Å²) in [5.74, 6) is -2.12.